The third-order valence-electron chi connectivity index (χ3n) is 3.66. The molecule has 0 bridgehead atoms. The Kier molecular flexibility index (Phi) is 4.80. The number of methoxy groups -OCH3 is 1. The average Bonchev–Trinajstić information content (AvgIpc) is 2.77. The molecule has 1 aliphatic carbocycles. The number of phenolic OH excluding ortho intramolecular Hbond substituents is 1. The van der Waals surface area contributed by atoms with Gasteiger partial charge in [-0.2, -0.15) is 0 Å². The highest BCUT2D eigenvalue weighted by atomic mass is 16.5. The van der Waals surface area contributed by atoms with Crippen molar-refractivity contribution in [3.05, 3.63) is 29.8 Å². The summed E-state index contributed by atoms with van der Waals surface area (Å²) in [5, 5.41) is 12.5. The molecule has 0 radical (unpaired) electrons. The van der Waals surface area contributed by atoms with Crippen molar-refractivity contribution >= 4 is 5.91 Å². The van der Waals surface area contributed by atoms with Gasteiger partial charge in [-0.1, -0.05) is 18.6 Å². The highest BCUT2D eigenvalue weighted by Gasteiger charge is 2.28. The fraction of sp³-hybridized carbons (Fsp3) is 0.533. The number of aromatic hydroxyl groups is 1. The summed E-state index contributed by atoms with van der Waals surface area (Å²) in [7, 11) is 1.70. The summed E-state index contributed by atoms with van der Waals surface area (Å²) in [6.45, 7) is 0.705. The average molecular weight is 263 g/mol. The van der Waals surface area contributed by atoms with Gasteiger partial charge in [-0.3, -0.25) is 4.79 Å². The lowest BCUT2D eigenvalue weighted by Crippen LogP contribution is -2.39. The first kappa shape index (κ1) is 13.9. The number of carbonyl (C=O) groups is 1. The molecule has 0 spiro atoms. The standard InChI is InChI=1S/C15H21NO3/c1-19-10-12-5-3-7-14(12)16-15(18)9-11-4-2-6-13(17)8-11/h2,4,6,8,12,14,17H,3,5,7,9-10H2,1H3,(H,16,18). The van der Waals surface area contributed by atoms with Gasteiger partial charge in [0.25, 0.3) is 0 Å². The highest BCUT2D eigenvalue weighted by molar-refractivity contribution is 5.79. The third kappa shape index (κ3) is 3.96. The van der Waals surface area contributed by atoms with Crippen LogP contribution in [0.5, 0.6) is 5.75 Å². The summed E-state index contributed by atoms with van der Waals surface area (Å²) in [6.07, 6.45) is 3.60. The number of rotatable bonds is 5. The number of benzene rings is 1. The van der Waals surface area contributed by atoms with Crippen LogP contribution < -0.4 is 5.32 Å². The van der Waals surface area contributed by atoms with E-state index in [1.807, 2.05) is 6.07 Å². The molecular formula is C15H21NO3. The summed E-state index contributed by atoms with van der Waals surface area (Å²) in [5.41, 5.74) is 0.832. The first-order valence-corrected chi connectivity index (χ1v) is 6.75. The molecule has 4 heteroatoms. The normalized spacial score (nSPS) is 22.4. The maximum atomic E-state index is 12.0. The van der Waals surface area contributed by atoms with Gasteiger partial charge in [0.2, 0.25) is 5.91 Å². The molecular weight excluding hydrogens is 242 g/mol. The van der Waals surface area contributed by atoms with Crippen LogP contribution >= 0.6 is 0 Å². The molecule has 0 heterocycles. The quantitative estimate of drug-likeness (QED) is 0.852. The number of phenols is 1. The van der Waals surface area contributed by atoms with Gasteiger partial charge in [0, 0.05) is 19.1 Å². The van der Waals surface area contributed by atoms with Crippen molar-refractivity contribution in [2.75, 3.05) is 13.7 Å². The van der Waals surface area contributed by atoms with E-state index in [0.717, 1.165) is 24.8 Å². The van der Waals surface area contributed by atoms with Crippen molar-refractivity contribution in [3.63, 3.8) is 0 Å². The van der Waals surface area contributed by atoms with E-state index in [1.54, 1.807) is 25.3 Å². The van der Waals surface area contributed by atoms with E-state index in [2.05, 4.69) is 5.32 Å². The lowest BCUT2D eigenvalue weighted by Gasteiger charge is -2.20. The molecule has 0 aromatic heterocycles. The molecule has 0 aliphatic heterocycles. The van der Waals surface area contributed by atoms with Crippen LogP contribution in [0.2, 0.25) is 0 Å². The van der Waals surface area contributed by atoms with Gasteiger partial charge in [-0.15, -0.1) is 0 Å². The van der Waals surface area contributed by atoms with Crippen LogP contribution in [0.25, 0.3) is 0 Å². The predicted molar refractivity (Wildman–Crippen MR) is 73.0 cm³/mol. The van der Waals surface area contributed by atoms with Crippen LogP contribution in [-0.4, -0.2) is 30.8 Å². The number of nitrogens with one attached hydrogen (secondary N) is 1. The van der Waals surface area contributed by atoms with Crippen molar-refractivity contribution in [2.45, 2.75) is 31.7 Å². The second-order valence-corrected chi connectivity index (χ2v) is 5.17. The third-order valence-corrected chi connectivity index (χ3v) is 3.66. The van der Waals surface area contributed by atoms with Crippen LogP contribution in [0, 0.1) is 5.92 Å². The molecule has 2 unspecified atom stereocenters. The molecule has 1 fully saturated rings. The lowest BCUT2D eigenvalue weighted by atomic mass is 10.0. The summed E-state index contributed by atoms with van der Waals surface area (Å²) in [6, 6.07) is 7.06. The van der Waals surface area contributed by atoms with Crippen LogP contribution in [0.3, 0.4) is 0 Å². The minimum absolute atomic E-state index is 0.0126. The van der Waals surface area contributed by atoms with E-state index in [4.69, 9.17) is 4.74 Å². The monoisotopic (exact) mass is 263 g/mol. The minimum Gasteiger partial charge on any atom is -0.508 e. The van der Waals surface area contributed by atoms with Gasteiger partial charge < -0.3 is 15.2 Å². The van der Waals surface area contributed by atoms with Gasteiger partial charge in [-0.05, 0) is 30.5 Å². The Morgan fingerprint density at radius 3 is 3.05 bits per heavy atom. The van der Waals surface area contributed by atoms with Crippen LogP contribution in [0.15, 0.2) is 24.3 Å². The predicted octanol–water partition coefficient (Wildman–Crippen LogP) is 1.87. The summed E-state index contributed by atoms with van der Waals surface area (Å²) < 4.78 is 5.19. The van der Waals surface area contributed by atoms with E-state index in [-0.39, 0.29) is 17.7 Å². The number of carbonyl (C=O) groups excluding carboxylic acids is 1. The Morgan fingerprint density at radius 1 is 1.47 bits per heavy atom. The van der Waals surface area contributed by atoms with Crippen molar-refractivity contribution in [3.8, 4) is 5.75 Å². The van der Waals surface area contributed by atoms with E-state index in [9.17, 15) is 9.90 Å². The smallest absolute Gasteiger partial charge is 0.224 e. The topological polar surface area (TPSA) is 58.6 Å². The minimum atomic E-state index is 0.0126. The fourth-order valence-corrected chi connectivity index (χ4v) is 2.75. The lowest BCUT2D eigenvalue weighted by molar-refractivity contribution is -0.121. The molecule has 1 amide bonds. The van der Waals surface area contributed by atoms with Crippen LogP contribution in [0.1, 0.15) is 24.8 Å². The maximum absolute atomic E-state index is 12.0. The number of amides is 1. The number of hydrogen-bond donors (Lipinski definition) is 2. The molecule has 104 valence electrons. The largest absolute Gasteiger partial charge is 0.508 e. The molecule has 2 atom stereocenters. The molecule has 19 heavy (non-hydrogen) atoms. The first-order chi connectivity index (χ1) is 9.19. The SMILES string of the molecule is COCC1CCCC1NC(=O)Cc1cccc(O)c1. The molecule has 0 saturated heterocycles. The fourth-order valence-electron chi connectivity index (χ4n) is 2.75. The molecule has 4 nitrogen and oxygen atoms in total. The Labute approximate surface area is 113 Å². The highest BCUT2D eigenvalue weighted by Crippen LogP contribution is 2.25. The summed E-state index contributed by atoms with van der Waals surface area (Å²) in [5.74, 6) is 0.639. The van der Waals surface area contributed by atoms with Crippen molar-refractivity contribution in [1.82, 2.24) is 5.32 Å². The number of hydrogen-bond acceptors (Lipinski definition) is 3. The summed E-state index contributed by atoms with van der Waals surface area (Å²) >= 11 is 0. The molecule has 2 rings (SSSR count). The van der Waals surface area contributed by atoms with Crippen LogP contribution in [-0.2, 0) is 16.0 Å². The Morgan fingerprint density at radius 2 is 2.32 bits per heavy atom. The second kappa shape index (κ2) is 6.57. The summed E-state index contributed by atoms with van der Waals surface area (Å²) in [4.78, 5) is 12.0. The van der Waals surface area contributed by atoms with Gasteiger partial charge in [0.05, 0.1) is 13.0 Å². The van der Waals surface area contributed by atoms with Crippen molar-refractivity contribution in [2.24, 2.45) is 5.92 Å². The maximum Gasteiger partial charge on any atom is 0.224 e. The molecule has 2 N–H and O–H groups in total. The van der Waals surface area contributed by atoms with E-state index < -0.39 is 0 Å². The van der Waals surface area contributed by atoms with Gasteiger partial charge in [0.1, 0.15) is 5.75 Å². The molecule has 1 aliphatic rings. The molecule has 1 aromatic carbocycles. The second-order valence-electron chi connectivity index (χ2n) is 5.17. The Bertz CT molecular complexity index is 433. The van der Waals surface area contributed by atoms with E-state index in [0.29, 0.717) is 18.9 Å². The zero-order valence-corrected chi connectivity index (χ0v) is 11.3. The molecule has 1 saturated carbocycles. The van der Waals surface area contributed by atoms with Gasteiger partial charge in [-0.25, -0.2) is 0 Å². The van der Waals surface area contributed by atoms with Gasteiger partial charge in [0.15, 0.2) is 0 Å². The van der Waals surface area contributed by atoms with Crippen LogP contribution in [0.4, 0.5) is 0 Å². The first-order valence-electron chi connectivity index (χ1n) is 6.75. The van der Waals surface area contributed by atoms with Gasteiger partial charge >= 0.3 is 0 Å². The zero-order valence-electron chi connectivity index (χ0n) is 11.3. The molecule has 1 aromatic rings. The number of ether oxygens (including phenoxy) is 1. The zero-order chi connectivity index (χ0) is 13.7. The van der Waals surface area contributed by atoms with E-state index >= 15 is 0 Å². The van der Waals surface area contributed by atoms with E-state index in [1.165, 1.54) is 0 Å². The van der Waals surface area contributed by atoms with Crippen molar-refractivity contribution < 1.29 is 14.6 Å². The van der Waals surface area contributed by atoms with Crippen molar-refractivity contribution in [1.29, 1.82) is 0 Å². The Hall–Kier alpha value is -1.55. The Balaban J connectivity index is 1.87.